The minimum atomic E-state index is -0.302. The minimum absolute atomic E-state index is 0.0400. The first-order valence-corrected chi connectivity index (χ1v) is 8.00. The predicted molar refractivity (Wildman–Crippen MR) is 80.3 cm³/mol. The smallest absolute Gasteiger partial charge is 0.146 e. The van der Waals surface area contributed by atoms with Gasteiger partial charge in [-0.15, -0.1) is 0 Å². The maximum absolute atomic E-state index is 14.3. The van der Waals surface area contributed by atoms with Crippen molar-refractivity contribution in [3.8, 4) is 0 Å². The summed E-state index contributed by atoms with van der Waals surface area (Å²) in [5.41, 5.74) is 6.63. The Morgan fingerprint density at radius 2 is 2.10 bits per heavy atom. The lowest BCUT2D eigenvalue weighted by Gasteiger charge is -2.37. The van der Waals surface area contributed by atoms with E-state index in [1.165, 1.54) is 32.1 Å². The molecule has 2 aliphatic rings. The van der Waals surface area contributed by atoms with Crippen LogP contribution in [0.25, 0.3) is 0 Å². The van der Waals surface area contributed by atoms with Crippen molar-refractivity contribution in [2.75, 3.05) is 13.1 Å². The Labute approximate surface area is 125 Å². The number of hydrogen-bond donors (Lipinski definition) is 1. The Kier molecular flexibility index (Phi) is 4.29. The Bertz CT molecular complexity index is 480. The standard InChI is InChI=1S/C16H22ClFN2/c17-13-6-3-5-12(16(13)18)15(10-19)20-9-8-11-4-1-2-7-14(11)20/h3,5-6,11,14-15H,1-2,4,7-10,19H2. The van der Waals surface area contributed by atoms with Crippen molar-refractivity contribution in [2.45, 2.75) is 44.2 Å². The lowest BCUT2D eigenvalue weighted by molar-refractivity contribution is 0.133. The van der Waals surface area contributed by atoms with Gasteiger partial charge in [-0.25, -0.2) is 4.39 Å². The van der Waals surface area contributed by atoms with Crippen LogP contribution in [0.1, 0.15) is 43.7 Å². The molecule has 2 fully saturated rings. The lowest BCUT2D eigenvalue weighted by Crippen LogP contribution is -2.40. The second kappa shape index (κ2) is 6.00. The number of likely N-dealkylation sites (tertiary alicyclic amines) is 1. The fraction of sp³-hybridized carbons (Fsp3) is 0.625. The number of nitrogens with zero attached hydrogens (tertiary/aromatic N) is 1. The summed E-state index contributed by atoms with van der Waals surface area (Å²) in [6.07, 6.45) is 6.39. The summed E-state index contributed by atoms with van der Waals surface area (Å²) in [6.45, 7) is 1.48. The van der Waals surface area contributed by atoms with Crippen molar-refractivity contribution in [3.63, 3.8) is 0 Å². The molecule has 2 nitrogen and oxygen atoms in total. The average Bonchev–Trinajstić information content (AvgIpc) is 2.88. The summed E-state index contributed by atoms with van der Waals surface area (Å²) in [4.78, 5) is 2.43. The second-order valence-corrected chi connectivity index (χ2v) is 6.44. The molecule has 4 heteroatoms. The molecule has 0 bridgehead atoms. The summed E-state index contributed by atoms with van der Waals surface area (Å²) in [7, 11) is 0. The molecule has 1 saturated heterocycles. The van der Waals surface area contributed by atoms with Gasteiger partial charge in [-0.3, -0.25) is 4.90 Å². The van der Waals surface area contributed by atoms with Crippen LogP contribution in [0.5, 0.6) is 0 Å². The monoisotopic (exact) mass is 296 g/mol. The molecule has 1 saturated carbocycles. The molecule has 3 rings (SSSR count). The Morgan fingerprint density at radius 1 is 1.30 bits per heavy atom. The van der Waals surface area contributed by atoms with E-state index in [0.717, 1.165) is 12.5 Å². The van der Waals surface area contributed by atoms with Crippen molar-refractivity contribution < 1.29 is 4.39 Å². The van der Waals surface area contributed by atoms with E-state index in [1.54, 1.807) is 6.07 Å². The Morgan fingerprint density at radius 3 is 2.90 bits per heavy atom. The van der Waals surface area contributed by atoms with Gasteiger partial charge in [-0.2, -0.15) is 0 Å². The first-order chi connectivity index (χ1) is 9.72. The van der Waals surface area contributed by atoms with Crippen molar-refractivity contribution in [1.29, 1.82) is 0 Å². The van der Waals surface area contributed by atoms with Gasteiger partial charge in [0.25, 0.3) is 0 Å². The van der Waals surface area contributed by atoms with Crippen LogP contribution < -0.4 is 5.73 Å². The molecule has 1 aliphatic heterocycles. The molecule has 0 spiro atoms. The summed E-state index contributed by atoms with van der Waals surface area (Å²) >= 11 is 5.92. The first-order valence-electron chi connectivity index (χ1n) is 7.62. The summed E-state index contributed by atoms with van der Waals surface area (Å²) in [5, 5.41) is 0.195. The van der Waals surface area contributed by atoms with Gasteiger partial charge >= 0.3 is 0 Å². The second-order valence-electron chi connectivity index (χ2n) is 6.03. The van der Waals surface area contributed by atoms with Crippen LogP contribution in [-0.4, -0.2) is 24.0 Å². The van der Waals surface area contributed by atoms with Crippen LogP contribution in [0.15, 0.2) is 18.2 Å². The zero-order valence-electron chi connectivity index (χ0n) is 11.7. The van der Waals surface area contributed by atoms with E-state index in [-0.39, 0.29) is 16.9 Å². The highest BCUT2D eigenvalue weighted by molar-refractivity contribution is 6.30. The summed E-state index contributed by atoms with van der Waals surface area (Å²) in [6, 6.07) is 5.78. The van der Waals surface area contributed by atoms with E-state index in [4.69, 9.17) is 17.3 Å². The molecule has 0 amide bonds. The molecule has 3 unspecified atom stereocenters. The van der Waals surface area contributed by atoms with Crippen LogP contribution in [0.4, 0.5) is 4.39 Å². The van der Waals surface area contributed by atoms with Gasteiger partial charge in [-0.1, -0.05) is 36.6 Å². The highest BCUT2D eigenvalue weighted by atomic mass is 35.5. The maximum atomic E-state index is 14.3. The van der Waals surface area contributed by atoms with E-state index in [2.05, 4.69) is 4.90 Å². The highest BCUT2D eigenvalue weighted by Gasteiger charge is 2.39. The summed E-state index contributed by atoms with van der Waals surface area (Å²) < 4.78 is 14.3. The van der Waals surface area contributed by atoms with Gasteiger partial charge in [0.15, 0.2) is 0 Å². The third-order valence-corrected chi connectivity index (χ3v) is 5.31. The molecule has 1 aromatic rings. The van der Waals surface area contributed by atoms with Crippen molar-refractivity contribution >= 4 is 11.6 Å². The lowest BCUT2D eigenvalue weighted by atomic mass is 9.84. The third-order valence-electron chi connectivity index (χ3n) is 5.02. The zero-order valence-corrected chi connectivity index (χ0v) is 12.5. The van der Waals surface area contributed by atoms with Gasteiger partial charge in [0.2, 0.25) is 0 Å². The normalized spacial score (nSPS) is 28.4. The molecule has 1 aromatic carbocycles. The largest absolute Gasteiger partial charge is 0.329 e. The van der Waals surface area contributed by atoms with Gasteiger partial charge in [0.1, 0.15) is 5.82 Å². The molecular formula is C16H22ClFN2. The third kappa shape index (κ3) is 2.47. The zero-order chi connectivity index (χ0) is 14.1. The van der Waals surface area contributed by atoms with Gasteiger partial charge < -0.3 is 5.73 Å². The van der Waals surface area contributed by atoms with Crippen LogP contribution >= 0.6 is 11.6 Å². The van der Waals surface area contributed by atoms with Crippen LogP contribution in [0, 0.1) is 11.7 Å². The topological polar surface area (TPSA) is 29.3 Å². The number of fused-ring (bicyclic) bond motifs is 1. The molecule has 20 heavy (non-hydrogen) atoms. The number of rotatable bonds is 3. The van der Waals surface area contributed by atoms with Gasteiger partial charge in [0.05, 0.1) is 11.1 Å². The Hall–Kier alpha value is -0.640. The van der Waals surface area contributed by atoms with E-state index < -0.39 is 0 Å². The van der Waals surface area contributed by atoms with Crippen LogP contribution in [0.2, 0.25) is 5.02 Å². The molecule has 110 valence electrons. The highest BCUT2D eigenvalue weighted by Crippen LogP contribution is 2.41. The first kappa shape index (κ1) is 14.3. The van der Waals surface area contributed by atoms with E-state index >= 15 is 0 Å². The minimum Gasteiger partial charge on any atom is -0.329 e. The Balaban J connectivity index is 1.88. The van der Waals surface area contributed by atoms with E-state index in [9.17, 15) is 4.39 Å². The fourth-order valence-electron chi connectivity index (χ4n) is 4.05. The SMILES string of the molecule is NCC(c1cccc(Cl)c1F)N1CCC2CCCCC21. The maximum Gasteiger partial charge on any atom is 0.146 e. The quantitative estimate of drug-likeness (QED) is 0.920. The van der Waals surface area contributed by atoms with Crippen LogP contribution in [0.3, 0.4) is 0 Å². The van der Waals surface area contributed by atoms with Crippen molar-refractivity contribution in [3.05, 3.63) is 34.6 Å². The van der Waals surface area contributed by atoms with Crippen molar-refractivity contribution in [1.82, 2.24) is 4.90 Å². The predicted octanol–water partition coefficient (Wildman–Crippen LogP) is 3.74. The van der Waals surface area contributed by atoms with Gasteiger partial charge in [-0.05, 0) is 37.8 Å². The average molecular weight is 297 g/mol. The number of benzene rings is 1. The van der Waals surface area contributed by atoms with E-state index in [0.29, 0.717) is 18.2 Å². The van der Waals surface area contributed by atoms with Crippen LogP contribution in [-0.2, 0) is 0 Å². The molecule has 1 heterocycles. The number of halogens is 2. The van der Waals surface area contributed by atoms with E-state index in [1.807, 2.05) is 12.1 Å². The number of nitrogens with two attached hydrogens (primary N) is 1. The van der Waals surface area contributed by atoms with Crippen molar-refractivity contribution in [2.24, 2.45) is 11.7 Å². The van der Waals surface area contributed by atoms with Gasteiger partial charge in [0, 0.05) is 18.2 Å². The fourth-order valence-corrected chi connectivity index (χ4v) is 4.23. The molecule has 1 aliphatic carbocycles. The summed E-state index contributed by atoms with van der Waals surface area (Å²) in [5.74, 6) is 0.476. The molecule has 0 aromatic heterocycles. The molecule has 3 atom stereocenters. The molecule has 2 N–H and O–H groups in total. The molecular weight excluding hydrogens is 275 g/mol. The molecule has 0 radical (unpaired) electrons. The number of hydrogen-bond acceptors (Lipinski definition) is 2.